The molecular weight excluding hydrogens is 306 g/mol. The van der Waals surface area contributed by atoms with Gasteiger partial charge in [-0.2, -0.15) is 0 Å². The van der Waals surface area contributed by atoms with E-state index in [1.54, 1.807) is 13.3 Å². The van der Waals surface area contributed by atoms with Crippen LogP contribution in [0.5, 0.6) is 5.75 Å². The molecule has 0 amide bonds. The van der Waals surface area contributed by atoms with Crippen LogP contribution in [0.4, 0.5) is 0 Å². The van der Waals surface area contributed by atoms with Gasteiger partial charge in [0, 0.05) is 12.6 Å². The van der Waals surface area contributed by atoms with Crippen LogP contribution >= 0.6 is 15.9 Å². The molecule has 3 nitrogen and oxygen atoms in total. The van der Waals surface area contributed by atoms with Crippen molar-refractivity contribution in [1.82, 2.24) is 4.98 Å². The van der Waals surface area contributed by atoms with Crippen molar-refractivity contribution in [2.75, 3.05) is 7.11 Å². The van der Waals surface area contributed by atoms with Gasteiger partial charge in [0.15, 0.2) is 0 Å². The highest BCUT2D eigenvalue weighted by atomic mass is 79.9. The first kappa shape index (κ1) is 14.0. The number of nitrogens with zero attached hydrogens (tertiary/aromatic N) is 1. The van der Waals surface area contributed by atoms with Crippen LogP contribution in [0.1, 0.15) is 22.9 Å². The number of rotatable bonds is 4. The quantitative estimate of drug-likeness (QED) is 0.938. The number of halogens is 1. The number of aryl methyl sites for hydroxylation is 1. The first-order valence-corrected chi connectivity index (χ1v) is 6.83. The second-order valence-electron chi connectivity index (χ2n) is 4.39. The van der Waals surface area contributed by atoms with Gasteiger partial charge in [0.25, 0.3) is 0 Å². The highest BCUT2D eigenvalue weighted by Crippen LogP contribution is 2.28. The summed E-state index contributed by atoms with van der Waals surface area (Å²) in [6.45, 7) is 1.95. The lowest BCUT2D eigenvalue weighted by Crippen LogP contribution is -2.06. The third kappa shape index (κ3) is 3.33. The Labute approximate surface area is 121 Å². The number of ether oxygens (including phenoxy) is 1. The summed E-state index contributed by atoms with van der Waals surface area (Å²) < 4.78 is 6.07. The largest absolute Gasteiger partial charge is 0.496 e. The van der Waals surface area contributed by atoms with Crippen LogP contribution in [0.15, 0.2) is 41.0 Å². The van der Waals surface area contributed by atoms with Crippen molar-refractivity contribution < 1.29 is 9.84 Å². The number of aliphatic hydroxyl groups excluding tert-OH is 1. The number of benzene rings is 1. The molecule has 0 bridgehead atoms. The lowest BCUT2D eigenvalue weighted by molar-refractivity contribution is 0.173. The highest BCUT2D eigenvalue weighted by Gasteiger charge is 2.13. The van der Waals surface area contributed by atoms with Gasteiger partial charge in [0.2, 0.25) is 0 Å². The Morgan fingerprint density at radius 2 is 2.16 bits per heavy atom. The van der Waals surface area contributed by atoms with Crippen LogP contribution in [-0.2, 0) is 6.42 Å². The maximum absolute atomic E-state index is 10.3. The maximum Gasteiger partial charge on any atom is 0.133 e. The summed E-state index contributed by atoms with van der Waals surface area (Å²) in [5, 5.41) is 10.3. The van der Waals surface area contributed by atoms with Gasteiger partial charge < -0.3 is 9.84 Å². The van der Waals surface area contributed by atoms with Crippen molar-refractivity contribution in [3.8, 4) is 5.75 Å². The molecule has 0 saturated heterocycles. The van der Waals surface area contributed by atoms with Crippen LogP contribution in [0, 0.1) is 6.92 Å². The molecule has 1 atom stereocenters. The first-order chi connectivity index (χ1) is 9.11. The fourth-order valence-corrected chi connectivity index (χ4v) is 2.59. The minimum absolute atomic E-state index is 0.528. The molecular formula is C15H16BrNO2. The van der Waals surface area contributed by atoms with E-state index in [9.17, 15) is 5.11 Å². The third-order valence-corrected chi connectivity index (χ3v) is 3.63. The van der Waals surface area contributed by atoms with E-state index in [-0.39, 0.29) is 0 Å². The average Bonchev–Trinajstić information content (AvgIpc) is 2.39. The molecule has 0 aliphatic carbocycles. The van der Waals surface area contributed by atoms with Crippen molar-refractivity contribution in [3.05, 3.63) is 57.8 Å². The molecule has 1 aromatic heterocycles. The van der Waals surface area contributed by atoms with E-state index in [2.05, 4.69) is 20.9 Å². The normalized spacial score (nSPS) is 12.2. The zero-order chi connectivity index (χ0) is 13.8. The van der Waals surface area contributed by atoms with Crippen molar-refractivity contribution in [2.45, 2.75) is 19.4 Å². The van der Waals surface area contributed by atoms with Crippen molar-refractivity contribution in [3.63, 3.8) is 0 Å². The van der Waals surface area contributed by atoms with Gasteiger partial charge in [-0.3, -0.25) is 4.98 Å². The molecule has 0 fully saturated rings. The molecule has 19 heavy (non-hydrogen) atoms. The lowest BCUT2D eigenvalue weighted by Gasteiger charge is -2.13. The summed E-state index contributed by atoms with van der Waals surface area (Å²) in [5.74, 6) is 0.784. The highest BCUT2D eigenvalue weighted by molar-refractivity contribution is 9.10. The number of methoxy groups -OCH3 is 1. The first-order valence-electron chi connectivity index (χ1n) is 6.04. The molecule has 1 heterocycles. The lowest BCUT2D eigenvalue weighted by atomic mass is 10.0. The zero-order valence-corrected chi connectivity index (χ0v) is 12.5. The van der Waals surface area contributed by atoms with E-state index in [1.165, 1.54) is 0 Å². The number of hydrogen-bond acceptors (Lipinski definition) is 3. The monoisotopic (exact) mass is 321 g/mol. The van der Waals surface area contributed by atoms with Gasteiger partial charge in [-0.25, -0.2) is 0 Å². The molecule has 0 spiro atoms. The molecule has 1 unspecified atom stereocenters. The topological polar surface area (TPSA) is 42.4 Å². The van der Waals surface area contributed by atoms with E-state index in [0.29, 0.717) is 6.42 Å². The van der Waals surface area contributed by atoms with Gasteiger partial charge in [0.05, 0.1) is 17.3 Å². The Morgan fingerprint density at radius 3 is 2.79 bits per heavy atom. The fourth-order valence-electron chi connectivity index (χ4n) is 2.00. The maximum atomic E-state index is 10.3. The van der Waals surface area contributed by atoms with Crippen molar-refractivity contribution >= 4 is 15.9 Å². The van der Waals surface area contributed by atoms with Gasteiger partial charge >= 0.3 is 0 Å². The van der Waals surface area contributed by atoms with Gasteiger partial charge in [-0.15, -0.1) is 0 Å². The standard InChI is InChI=1S/C15H16BrNO2/c1-10-4-3-7-17-15(10)13(18)9-11-5-6-14(19-2)12(16)8-11/h3-8,13,18H,9H2,1-2H3. The molecule has 0 radical (unpaired) electrons. The SMILES string of the molecule is COc1ccc(CC(O)c2ncccc2C)cc1Br. The molecule has 2 aromatic rings. The summed E-state index contributed by atoms with van der Waals surface area (Å²) in [4.78, 5) is 4.24. The summed E-state index contributed by atoms with van der Waals surface area (Å²) in [7, 11) is 1.63. The smallest absolute Gasteiger partial charge is 0.133 e. The van der Waals surface area contributed by atoms with Crippen LogP contribution in [0.25, 0.3) is 0 Å². The Hall–Kier alpha value is -1.39. The fraction of sp³-hybridized carbons (Fsp3) is 0.267. The number of aliphatic hydroxyl groups is 1. The Kier molecular flexibility index (Phi) is 4.56. The summed E-state index contributed by atoms with van der Waals surface area (Å²) in [6.07, 6.45) is 1.64. The van der Waals surface area contributed by atoms with Gasteiger partial charge in [-0.1, -0.05) is 12.1 Å². The van der Waals surface area contributed by atoms with Crippen molar-refractivity contribution in [2.24, 2.45) is 0 Å². The molecule has 0 aliphatic rings. The second kappa shape index (κ2) is 6.17. The average molecular weight is 322 g/mol. The van der Waals surface area contributed by atoms with E-state index < -0.39 is 6.10 Å². The number of hydrogen-bond donors (Lipinski definition) is 1. The van der Waals surface area contributed by atoms with Crippen LogP contribution in [0.2, 0.25) is 0 Å². The molecule has 0 saturated carbocycles. The third-order valence-electron chi connectivity index (χ3n) is 3.01. The van der Waals surface area contributed by atoms with Gasteiger partial charge in [-0.05, 0) is 52.2 Å². The molecule has 2 rings (SSSR count). The van der Waals surface area contributed by atoms with Crippen LogP contribution in [-0.4, -0.2) is 17.2 Å². The zero-order valence-electron chi connectivity index (χ0n) is 10.9. The number of pyridine rings is 1. The van der Waals surface area contributed by atoms with E-state index >= 15 is 0 Å². The minimum atomic E-state index is -0.596. The van der Waals surface area contributed by atoms with Crippen molar-refractivity contribution in [1.29, 1.82) is 0 Å². The van der Waals surface area contributed by atoms with E-state index in [0.717, 1.165) is 27.0 Å². The Morgan fingerprint density at radius 1 is 1.37 bits per heavy atom. The summed E-state index contributed by atoms with van der Waals surface area (Å²) >= 11 is 3.45. The molecule has 4 heteroatoms. The predicted octanol–water partition coefficient (Wildman–Crippen LogP) is 3.44. The van der Waals surface area contributed by atoms with E-state index in [1.807, 2.05) is 37.3 Å². The second-order valence-corrected chi connectivity index (χ2v) is 5.25. The van der Waals surface area contributed by atoms with E-state index in [4.69, 9.17) is 4.74 Å². The number of aromatic nitrogens is 1. The molecule has 0 aliphatic heterocycles. The van der Waals surface area contributed by atoms with Gasteiger partial charge in [0.1, 0.15) is 11.9 Å². The Balaban J connectivity index is 2.17. The molecule has 1 N–H and O–H groups in total. The summed E-state index contributed by atoms with van der Waals surface area (Å²) in [5.41, 5.74) is 2.77. The predicted molar refractivity (Wildman–Crippen MR) is 78.3 cm³/mol. The Bertz CT molecular complexity index is 572. The van der Waals surface area contributed by atoms with Crippen LogP contribution < -0.4 is 4.74 Å². The minimum Gasteiger partial charge on any atom is -0.496 e. The van der Waals surface area contributed by atoms with Crippen LogP contribution in [0.3, 0.4) is 0 Å². The summed E-state index contributed by atoms with van der Waals surface area (Å²) in [6, 6.07) is 9.62. The molecule has 1 aromatic carbocycles. The molecule has 100 valence electrons.